The SMILES string of the molecule is CCCCCCCCCCCCCCC1(C(=O)NCCO)CO1. The fourth-order valence-corrected chi connectivity index (χ4v) is 3.06. The molecule has 1 atom stereocenters. The number of hydrogen-bond donors (Lipinski definition) is 2. The average Bonchev–Trinajstić information content (AvgIpc) is 3.35. The maximum absolute atomic E-state index is 11.9. The summed E-state index contributed by atoms with van der Waals surface area (Å²) in [5.41, 5.74) is -0.562. The molecule has 1 amide bonds. The third-order valence-corrected chi connectivity index (χ3v) is 4.74. The maximum atomic E-state index is 11.9. The second kappa shape index (κ2) is 12.8. The van der Waals surface area contributed by atoms with Crippen LogP contribution in [0, 0.1) is 0 Å². The summed E-state index contributed by atoms with van der Waals surface area (Å²) in [6.45, 7) is 3.11. The van der Waals surface area contributed by atoms with Gasteiger partial charge in [0, 0.05) is 6.54 Å². The fourth-order valence-electron chi connectivity index (χ4n) is 3.06. The maximum Gasteiger partial charge on any atom is 0.254 e. The summed E-state index contributed by atoms with van der Waals surface area (Å²) in [6.07, 6.45) is 16.7. The van der Waals surface area contributed by atoms with Gasteiger partial charge in [0.25, 0.3) is 5.91 Å². The lowest BCUT2D eigenvalue weighted by atomic mass is 9.99. The lowest BCUT2D eigenvalue weighted by Crippen LogP contribution is -2.38. The van der Waals surface area contributed by atoms with Gasteiger partial charge >= 0.3 is 0 Å². The number of ether oxygens (including phenoxy) is 1. The topological polar surface area (TPSA) is 61.9 Å². The van der Waals surface area contributed by atoms with Gasteiger partial charge in [-0.15, -0.1) is 0 Å². The predicted octanol–water partition coefficient (Wildman–Crippen LogP) is 3.96. The number of amides is 1. The molecule has 1 unspecified atom stereocenters. The van der Waals surface area contributed by atoms with E-state index in [9.17, 15) is 4.79 Å². The normalized spacial score (nSPS) is 19.7. The van der Waals surface area contributed by atoms with Crippen LogP contribution >= 0.6 is 0 Å². The third kappa shape index (κ3) is 9.31. The van der Waals surface area contributed by atoms with E-state index in [1.807, 2.05) is 0 Å². The molecule has 0 aromatic heterocycles. The van der Waals surface area contributed by atoms with Crippen molar-refractivity contribution >= 4 is 5.91 Å². The van der Waals surface area contributed by atoms with Crippen molar-refractivity contribution in [3.8, 4) is 0 Å². The van der Waals surface area contributed by atoms with E-state index >= 15 is 0 Å². The predicted molar refractivity (Wildman–Crippen MR) is 94.5 cm³/mol. The Hall–Kier alpha value is -0.610. The molecule has 1 rings (SSSR count). The summed E-state index contributed by atoms with van der Waals surface area (Å²) in [4.78, 5) is 11.9. The minimum Gasteiger partial charge on any atom is -0.395 e. The fraction of sp³-hybridized carbons (Fsp3) is 0.947. The van der Waals surface area contributed by atoms with Crippen molar-refractivity contribution < 1.29 is 14.6 Å². The van der Waals surface area contributed by atoms with Gasteiger partial charge in [-0.1, -0.05) is 77.6 Å². The Kier molecular flexibility index (Phi) is 11.3. The Morgan fingerprint density at radius 2 is 1.43 bits per heavy atom. The summed E-state index contributed by atoms with van der Waals surface area (Å²) in [5.74, 6) is -0.0466. The van der Waals surface area contributed by atoms with Crippen molar-refractivity contribution in [3.63, 3.8) is 0 Å². The van der Waals surface area contributed by atoms with Crippen LogP contribution in [0.5, 0.6) is 0 Å². The zero-order valence-corrected chi connectivity index (χ0v) is 15.1. The molecule has 0 aliphatic carbocycles. The van der Waals surface area contributed by atoms with E-state index in [0.717, 1.165) is 12.8 Å². The summed E-state index contributed by atoms with van der Waals surface area (Å²) >= 11 is 0. The van der Waals surface area contributed by atoms with E-state index in [0.29, 0.717) is 13.2 Å². The third-order valence-electron chi connectivity index (χ3n) is 4.74. The standard InChI is InChI=1S/C19H37NO3/c1-2-3-4-5-6-7-8-9-10-11-12-13-14-19(17-23-19)18(22)20-15-16-21/h21H,2-17H2,1H3,(H,20,22). The number of carbonyl (C=O) groups excluding carboxylic acids is 1. The van der Waals surface area contributed by atoms with E-state index in [2.05, 4.69) is 12.2 Å². The Morgan fingerprint density at radius 1 is 0.957 bits per heavy atom. The number of epoxide rings is 1. The molecule has 4 heteroatoms. The van der Waals surface area contributed by atoms with Gasteiger partial charge in [0.05, 0.1) is 13.2 Å². The van der Waals surface area contributed by atoms with Crippen LogP contribution in [0.1, 0.15) is 90.4 Å². The molecule has 0 radical (unpaired) electrons. The number of carbonyl (C=O) groups is 1. The number of hydrogen-bond acceptors (Lipinski definition) is 3. The molecule has 1 aliphatic rings. The molecular formula is C19H37NO3. The zero-order valence-electron chi connectivity index (χ0n) is 15.1. The highest BCUT2D eigenvalue weighted by Gasteiger charge is 2.51. The van der Waals surface area contributed by atoms with Gasteiger partial charge < -0.3 is 15.2 Å². The monoisotopic (exact) mass is 327 g/mol. The highest BCUT2D eigenvalue weighted by Crippen LogP contribution is 2.33. The zero-order chi connectivity index (χ0) is 16.8. The van der Waals surface area contributed by atoms with E-state index in [1.54, 1.807) is 0 Å². The molecule has 1 saturated heterocycles. The Labute approximate surface area is 142 Å². The van der Waals surface area contributed by atoms with Crippen molar-refractivity contribution in [2.45, 2.75) is 96.0 Å². The highest BCUT2D eigenvalue weighted by atomic mass is 16.6. The van der Waals surface area contributed by atoms with Crippen LogP contribution in [-0.2, 0) is 9.53 Å². The van der Waals surface area contributed by atoms with Crippen LogP contribution in [0.3, 0.4) is 0 Å². The van der Waals surface area contributed by atoms with E-state index in [-0.39, 0.29) is 12.5 Å². The van der Waals surface area contributed by atoms with E-state index in [1.165, 1.54) is 70.6 Å². The van der Waals surface area contributed by atoms with Crippen molar-refractivity contribution in [2.75, 3.05) is 19.8 Å². The molecule has 0 aromatic carbocycles. The Bertz CT molecular complexity index is 303. The van der Waals surface area contributed by atoms with Gasteiger partial charge in [-0.05, 0) is 12.8 Å². The molecule has 1 aliphatic heterocycles. The van der Waals surface area contributed by atoms with Crippen LogP contribution in [0.4, 0.5) is 0 Å². The number of rotatable bonds is 16. The molecule has 1 fully saturated rings. The molecule has 0 bridgehead atoms. The summed E-state index contributed by atoms with van der Waals surface area (Å²) in [7, 11) is 0. The Morgan fingerprint density at radius 3 is 1.87 bits per heavy atom. The second-order valence-corrected chi connectivity index (χ2v) is 6.90. The van der Waals surface area contributed by atoms with E-state index < -0.39 is 5.60 Å². The molecule has 0 aromatic rings. The lowest BCUT2D eigenvalue weighted by Gasteiger charge is -2.11. The number of unbranched alkanes of at least 4 members (excludes halogenated alkanes) is 11. The largest absolute Gasteiger partial charge is 0.395 e. The summed E-state index contributed by atoms with van der Waals surface area (Å²) < 4.78 is 5.36. The molecule has 4 nitrogen and oxygen atoms in total. The van der Waals surface area contributed by atoms with Gasteiger partial charge in [0.1, 0.15) is 0 Å². The highest BCUT2D eigenvalue weighted by molar-refractivity contribution is 5.87. The first kappa shape index (κ1) is 20.4. The van der Waals surface area contributed by atoms with Crippen LogP contribution < -0.4 is 5.32 Å². The minimum atomic E-state index is -0.562. The van der Waals surface area contributed by atoms with Crippen LogP contribution in [-0.4, -0.2) is 36.4 Å². The quantitative estimate of drug-likeness (QED) is 0.333. The molecule has 0 spiro atoms. The summed E-state index contributed by atoms with van der Waals surface area (Å²) in [5, 5.41) is 11.4. The number of nitrogens with one attached hydrogen (secondary N) is 1. The van der Waals surface area contributed by atoms with Crippen molar-refractivity contribution in [2.24, 2.45) is 0 Å². The van der Waals surface area contributed by atoms with Crippen molar-refractivity contribution in [1.82, 2.24) is 5.32 Å². The second-order valence-electron chi connectivity index (χ2n) is 6.90. The molecule has 136 valence electrons. The number of aliphatic hydroxyl groups is 1. The van der Waals surface area contributed by atoms with Gasteiger partial charge in [-0.2, -0.15) is 0 Å². The van der Waals surface area contributed by atoms with Gasteiger partial charge in [0.15, 0.2) is 5.60 Å². The van der Waals surface area contributed by atoms with Gasteiger partial charge in [-0.25, -0.2) is 0 Å². The smallest absolute Gasteiger partial charge is 0.254 e. The number of aliphatic hydroxyl groups excluding tert-OH is 1. The van der Waals surface area contributed by atoms with Crippen LogP contribution in [0.2, 0.25) is 0 Å². The van der Waals surface area contributed by atoms with Crippen LogP contribution in [0.15, 0.2) is 0 Å². The van der Waals surface area contributed by atoms with Crippen LogP contribution in [0.25, 0.3) is 0 Å². The molecule has 2 N–H and O–H groups in total. The first-order chi connectivity index (χ1) is 11.2. The minimum absolute atomic E-state index is 0.0135. The molecular weight excluding hydrogens is 290 g/mol. The van der Waals surface area contributed by atoms with Gasteiger partial charge in [0.2, 0.25) is 0 Å². The first-order valence-corrected chi connectivity index (χ1v) is 9.78. The molecule has 0 saturated carbocycles. The first-order valence-electron chi connectivity index (χ1n) is 9.78. The average molecular weight is 328 g/mol. The molecule has 23 heavy (non-hydrogen) atoms. The van der Waals surface area contributed by atoms with Crippen molar-refractivity contribution in [1.29, 1.82) is 0 Å². The Balaban J connectivity index is 1.85. The van der Waals surface area contributed by atoms with E-state index in [4.69, 9.17) is 9.84 Å². The molecule has 1 heterocycles. The lowest BCUT2D eigenvalue weighted by molar-refractivity contribution is -0.126. The van der Waals surface area contributed by atoms with Crippen molar-refractivity contribution in [3.05, 3.63) is 0 Å². The van der Waals surface area contributed by atoms with Gasteiger partial charge in [-0.3, -0.25) is 4.79 Å². The summed E-state index contributed by atoms with van der Waals surface area (Å²) in [6, 6.07) is 0.